The molecule has 0 spiro atoms. The Morgan fingerprint density at radius 3 is 1.89 bits per heavy atom. The molecule has 3 amide bonds. The Kier molecular flexibility index (Phi) is 5.58. The van der Waals surface area contributed by atoms with Gasteiger partial charge in [0, 0.05) is 17.5 Å². The number of rotatable bonds is 4. The molecule has 0 radical (unpaired) electrons. The van der Waals surface area contributed by atoms with Crippen LogP contribution in [0, 0.1) is 23.2 Å². The van der Waals surface area contributed by atoms with Gasteiger partial charge in [0.25, 0.3) is 11.8 Å². The summed E-state index contributed by atoms with van der Waals surface area (Å²) in [6, 6.07) is 26.9. The van der Waals surface area contributed by atoms with Gasteiger partial charge in [0.2, 0.25) is 5.91 Å². The summed E-state index contributed by atoms with van der Waals surface area (Å²) in [5, 5.41) is 14.0. The van der Waals surface area contributed by atoms with Crippen LogP contribution in [0.5, 0.6) is 0 Å². The van der Waals surface area contributed by atoms with Crippen molar-refractivity contribution in [3.05, 3.63) is 112 Å². The van der Waals surface area contributed by atoms with Gasteiger partial charge in [-0.25, -0.2) is 0 Å². The highest BCUT2D eigenvalue weighted by Crippen LogP contribution is 2.59. The topological polar surface area (TPSA) is 102 Å². The minimum Gasteiger partial charge on any atom is -0.349 e. The van der Waals surface area contributed by atoms with Crippen molar-refractivity contribution in [2.24, 2.45) is 11.8 Å². The summed E-state index contributed by atoms with van der Waals surface area (Å²) >= 11 is 1.18. The largest absolute Gasteiger partial charge is 0.349 e. The van der Waals surface area contributed by atoms with Crippen molar-refractivity contribution in [3.8, 4) is 6.07 Å². The molecule has 1 aliphatic heterocycles. The fourth-order valence-corrected chi connectivity index (χ4v) is 6.56. The SMILES string of the molecule is CS/C(Nc1ccccc1)=C(\C#N)C(=O)N1NC(=O)C2C3c4ccccc4C(c4ccccc43)C2C1=O. The van der Waals surface area contributed by atoms with E-state index in [-0.39, 0.29) is 17.4 Å². The Morgan fingerprint density at radius 1 is 0.865 bits per heavy atom. The number of imide groups is 1. The van der Waals surface area contributed by atoms with Crippen LogP contribution in [-0.4, -0.2) is 29.0 Å². The Morgan fingerprint density at radius 2 is 1.38 bits per heavy atom. The minimum atomic E-state index is -0.852. The van der Waals surface area contributed by atoms with Gasteiger partial charge in [-0.2, -0.15) is 10.3 Å². The molecule has 2 atom stereocenters. The van der Waals surface area contributed by atoms with Crippen molar-refractivity contribution in [1.29, 1.82) is 5.26 Å². The van der Waals surface area contributed by atoms with E-state index in [1.165, 1.54) is 11.8 Å². The maximum absolute atomic E-state index is 14.0. The third kappa shape index (κ3) is 3.46. The molecule has 3 aromatic rings. The molecule has 1 heterocycles. The van der Waals surface area contributed by atoms with Crippen molar-refractivity contribution in [3.63, 3.8) is 0 Å². The molecule has 2 bridgehead atoms. The first-order chi connectivity index (χ1) is 18.0. The molecule has 3 aromatic carbocycles. The van der Waals surface area contributed by atoms with E-state index in [0.29, 0.717) is 10.7 Å². The Hall–Kier alpha value is -4.35. The van der Waals surface area contributed by atoms with Gasteiger partial charge in [-0.3, -0.25) is 19.8 Å². The van der Waals surface area contributed by atoms with Gasteiger partial charge in [0.1, 0.15) is 11.6 Å². The number of hydrogen-bond donors (Lipinski definition) is 2. The molecule has 37 heavy (non-hydrogen) atoms. The molecule has 2 N–H and O–H groups in total. The smallest absolute Gasteiger partial charge is 0.292 e. The van der Waals surface area contributed by atoms with Gasteiger partial charge >= 0.3 is 0 Å². The second-order valence-corrected chi connectivity index (χ2v) is 10.0. The number of hydrazine groups is 1. The highest BCUT2D eigenvalue weighted by Gasteiger charge is 2.59. The number of anilines is 1. The number of amides is 3. The Balaban J connectivity index is 1.41. The van der Waals surface area contributed by atoms with E-state index < -0.39 is 29.6 Å². The molecule has 1 fully saturated rings. The van der Waals surface area contributed by atoms with Crippen LogP contribution in [0.15, 0.2) is 89.5 Å². The standard InChI is InChI=1S/C29H22N4O3S/c1-37-27(31-16-9-3-2-4-10-16)21(15-30)28(35)33-29(36)25-23-19-13-7-5-11-17(19)22(24(25)26(34)32-33)18-12-6-8-14-20(18)23/h2-14,22-25,31H,1H3,(H,32,34)/b27-21+. The number of hydrogen-bond acceptors (Lipinski definition) is 6. The first-order valence-corrected chi connectivity index (χ1v) is 13.1. The summed E-state index contributed by atoms with van der Waals surface area (Å²) in [5.41, 5.74) is 7.10. The summed E-state index contributed by atoms with van der Waals surface area (Å²) < 4.78 is 0. The van der Waals surface area contributed by atoms with Gasteiger partial charge in [-0.15, -0.1) is 11.8 Å². The molecule has 2 unspecified atom stereocenters. The van der Waals surface area contributed by atoms with E-state index in [1.54, 1.807) is 6.26 Å². The predicted molar refractivity (Wildman–Crippen MR) is 140 cm³/mol. The molecule has 182 valence electrons. The number of para-hydroxylation sites is 1. The van der Waals surface area contributed by atoms with Crippen LogP contribution in [-0.2, 0) is 14.4 Å². The molecule has 7 nitrogen and oxygen atoms in total. The maximum Gasteiger partial charge on any atom is 0.292 e. The molecule has 8 heteroatoms. The lowest BCUT2D eigenvalue weighted by atomic mass is 9.53. The molecule has 0 aromatic heterocycles. The monoisotopic (exact) mass is 506 g/mol. The quantitative estimate of drug-likeness (QED) is 0.408. The predicted octanol–water partition coefficient (Wildman–Crippen LogP) is 4.12. The van der Waals surface area contributed by atoms with Crippen LogP contribution in [0.3, 0.4) is 0 Å². The summed E-state index contributed by atoms with van der Waals surface area (Å²) in [6.45, 7) is 0. The molecule has 3 aliphatic carbocycles. The van der Waals surface area contributed by atoms with Crippen molar-refractivity contribution in [2.45, 2.75) is 11.8 Å². The molecule has 1 saturated heterocycles. The van der Waals surface area contributed by atoms with Gasteiger partial charge in [-0.1, -0.05) is 66.7 Å². The van der Waals surface area contributed by atoms with E-state index in [1.807, 2.05) is 84.9 Å². The first kappa shape index (κ1) is 23.1. The van der Waals surface area contributed by atoms with Crippen molar-refractivity contribution in [2.75, 3.05) is 11.6 Å². The van der Waals surface area contributed by atoms with Crippen LogP contribution >= 0.6 is 11.8 Å². The van der Waals surface area contributed by atoms with Crippen molar-refractivity contribution < 1.29 is 14.4 Å². The van der Waals surface area contributed by atoms with Crippen LogP contribution in [0.25, 0.3) is 0 Å². The van der Waals surface area contributed by atoms with E-state index in [2.05, 4.69) is 10.7 Å². The van der Waals surface area contributed by atoms with E-state index in [4.69, 9.17) is 0 Å². The highest BCUT2D eigenvalue weighted by atomic mass is 32.2. The van der Waals surface area contributed by atoms with Gasteiger partial charge in [0.15, 0.2) is 0 Å². The van der Waals surface area contributed by atoms with Gasteiger partial charge in [-0.05, 0) is 40.6 Å². The number of nitrogens with one attached hydrogen (secondary N) is 2. The number of thioether (sulfide) groups is 1. The lowest BCUT2D eigenvalue weighted by Gasteiger charge is -2.52. The average Bonchev–Trinajstić information content (AvgIpc) is 2.94. The fourth-order valence-electron chi connectivity index (χ4n) is 6.00. The molecule has 0 saturated carbocycles. The molecular formula is C29H22N4O3S. The van der Waals surface area contributed by atoms with Crippen LogP contribution < -0.4 is 10.7 Å². The van der Waals surface area contributed by atoms with Gasteiger partial charge < -0.3 is 5.32 Å². The summed E-state index contributed by atoms with van der Waals surface area (Å²) in [5.74, 6) is -3.76. The summed E-state index contributed by atoms with van der Waals surface area (Å²) in [4.78, 5) is 41.1. The second kappa shape index (κ2) is 8.95. The maximum atomic E-state index is 14.0. The van der Waals surface area contributed by atoms with Crippen molar-refractivity contribution in [1.82, 2.24) is 10.4 Å². The van der Waals surface area contributed by atoms with E-state index >= 15 is 0 Å². The van der Waals surface area contributed by atoms with Crippen LogP contribution in [0.2, 0.25) is 0 Å². The third-order valence-electron chi connectivity index (χ3n) is 7.46. The third-order valence-corrected chi connectivity index (χ3v) is 8.17. The Labute approximate surface area is 218 Å². The normalized spacial score (nSPS) is 23.6. The van der Waals surface area contributed by atoms with Crippen LogP contribution in [0.1, 0.15) is 34.1 Å². The lowest BCUT2D eigenvalue weighted by Crippen LogP contribution is -2.65. The zero-order chi connectivity index (χ0) is 25.7. The zero-order valence-corrected chi connectivity index (χ0v) is 20.7. The molecular weight excluding hydrogens is 484 g/mol. The highest BCUT2D eigenvalue weighted by molar-refractivity contribution is 8.02. The number of nitrogens with zero attached hydrogens (tertiary/aromatic N) is 2. The van der Waals surface area contributed by atoms with E-state index in [9.17, 15) is 19.6 Å². The number of nitriles is 1. The lowest BCUT2D eigenvalue weighted by molar-refractivity contribution is -0.165. The molecule has 4 aliphatic rings. The minimum absolute atomic E-state index is 0.245. The zero-order valence-electron chi connectivity index (χ0n) is 19.8. The average molecular weight is 507 g/mol. The number of carbonyl (C=O) groups excluding carboxylic acids is 3. The summed E-state index contributed by atoms with van der Waals surface area (Å²) in [6.07, 6.45) is 1.73. The Bertz CT molecular complexity index is 1480. The van der Waals surface area contributed by atoms with Crippen LogP contribution in [0.4, 0.5) is 5.69 Å². The molecule has 7 rings (SSSR count). The van der Waals surface area contributed by atoms with Gasteiger partial charge in [0.05, 0.1) is 16.9 Å². The fraction of sp³-hybridized carbons (Fsp3) is 0.172. The first-order valence-electron chi connectivity index (χ1n) is 11.9. The summed E-state index contributed by atoms with van der Waals surface area (Å²) in [7, 11) is 0. The van der Waals surface area contributed by atoms with Crippen molar-refractivity contribution >= 4 is 35.2 Å². The number of benzene rings is 3. The van der Waals surface area contributed by atoms with E-state index in [0.717, 1.165) is 27.3 Å². The number of carbonyl (C=O) groups is 3. The second-order valence-electron chi connectivity index (χ2n) is 9.23.